The number of hydrogen-bond donors (Lipinski definition) is 0. The Hall–Kier alpha value is -2.48. The van der Waals surface area contributed by atoms with Crippen LogP contribution in [-0.4, -0.2) is 30.8 Å². The fraction of sp³-hybridized carbons (Fsp3) is 0.167. The molecule has 0 aliphatic carbocycles. The minimum atomic E-state index is -4.47. The van der Waals surface area contributed by atoms with E-state index in [0.717, 1.165) is 40.7 Å². The maximum atomic E-state index is 13.3. The quantitative estimate of drug-likeness (QED) is 0.369. The third kappa shape index (κ3) is 6.10. The van der Waals surface area contributed by atoms with Crippen molar-refractivity contribution in [2.75, 3.05) is 25.0 Å². The van der Waals surface area contributed by atoms with E-state index in [1.54, 1.807) is 30.3 Å². The first-order valence-corrected chi connectivity index (χ1v) is 11.0. The lowest BCUT2D eigenvalue weighted by molar-refractivity contribution is -0.138. The van der Waals surface area contributed by atoms with Gasteiger partial charge in [-0.2, -0.15) is 13.2 Å². The van der Waals surface area contributed by atoms with Gasteiger partial charge in [-0.05, 0) is 48.6 Å². The molecule has 0 bridgehead atoms. The maximum absolute atomic E-state index is 13.3. The zero-order valence-electron chi connectivity index (χ0n) is 17.5. The molecule has 0 N–H and O–H groups in total. The Morgan fingerprint density at radius 1 is 1.06 bits per heavy atom. The van der Waals surface area contributed by atoms with E-state index < -0.39 is 11.7 Å². The summed E-state index contributed by atoms with van der Waals surface area (Å²) in [7, 11) is 2.01. The topological polar surface area (TPSA) is 28.5 Å². The van der Waals surface area contributed by atoms with Crippen LogP contribution in [0.2, 0.25) is 5.02 Å². The van der Waals surface area contributed by atoms with E-state index in [-0.39, 0.29) is 12.4 Å². The van der Waals surface area contributed by atoms with Crippen LogP contribution in [0.5, 0.6) is 0 Å². The minimum Gasteiger partial charge on any atom is -0.372 e. The summed E-state index contributed by atoms with van der Waals surface area (Å²) in [6.45, 7) is 1.40. The van der Waals surface area contributed by atoms with Gasteiger partial charge in [0.05, 0.1) is 23.5 Å². The Kier molecular flexibility index (Phi) is 8.10. The second-order valence-corrected chi connectivity index (χ2v) is 8.75. The van der Waals surface area contributed by atoms with Gasteiger partial charge in [-0.25, -0.2) is 0 Å². The van der Waals surface area contributed by atoms with Crippen molar-refractivity contribution >= 4 is 53.2 Å². The number of aliphatic imine (C=N–C) groups is 1. The van der Waals surface area contributed by atoms with Crippen molar-refractivity contribution in [3.63, 3.8) is 0 Å². The third-order valence-electron chi connectivity index (χ3n) is 4.96. The molecule has 0 spiro atoms. The fourth-order valence-electron chi connectivity index (χ4n) is 3.30. The molecule has 3 aromatic rings. The first-order valence-electron chi connectivity index (χ1n) is 9.85. The Labute approximate surface area is 205 Å². The van der Waals surface area contributed by atoms with Crippen LogP contribution in [0.3, 0.4) is 0 Å². The zero-order valence-corrected chi connectivity index (χ0v) is 19.9. The van der Waals surface area contributed by atoms with E-state index in [9.17, 15) is 13.2 Å². The lowest BCUT2D eigenvalue weighted by Gasteiger charge is -2.18. The number of likely N-dealkylation sites (N-methyl/N-ethyl adjacent to an activating group) is 1. The third-order valence-corrected chi connectivity index (χ3v) is 6.27. The highest BCUT2D eigenvalue weighted by Gasteiger charge is 2.31. The average molecular weight is 510 g/mol. The molecule has 33 heavy (non-hydrogen) atoms. The van der Waals surface area contributed by atoms with Gasteiger partial charge >= 0.3 is 6.18 Å². The number of pyridine rings is 1. The molecule has 2 aromatic carbocycles. The van der Waals surface area contributed by atoms with Crippen molar-refractivity contribution < 1.29 is 13.2 Å². The molecule has 0 atom stereocenters. The molecule has 0 saturated carbocycles. The largest absolute Gasteiger partial charge is 0.417 e. The van der Waals surface area contributed by atoms with E-state index in [2.05, 4.69) is 14.9 Å². The van der Waals surface area contributed by atoms with Crippen LogP contribution in [0.25, 0.3) is 6.08 Å². The molecule has 0 unspecified atom stereocenters. The molecule has 0 saturated heterocycles. The van der Waals surface area contributed by atoms with Crippen LogP contribution >= 0.6 is 35.8 Å². The van der Waals surface area contributed by atoms with Gasteiger partial charge in [0.1, 0.15) is 0 Å². The van der Waals surface area contributed by atoms with Gasteiger partial charge in [-0.15, -0.1) is 12.4 Å². The highest BCUT2D eigenvalue weighted by atomic mass is 35.5. The number of fused-ring (bicyclic) bond motifs is 1. The van der Waals surface area contributed by atoms with E-state index in [4.69, 9.17) is 11.6 Å². The smallest absolute Gasteiger partial charge is 0.372 e. The number of aromatic nitrogens is 1. The zero-order chi connectivity index (χ0) is 22.7. The second kappa shape index (κ2) is 10.6. The van der Waals surface area contributed by atoms with Crippen LogP contribution in [0.15, 0.2) is 81.7 Å². The number of rotatable bonds is 4. The summed E-state index contributed by atoms with van der Waals surface area (Å²) in [5, 5.41) is 0.562. The SMILES string of the molecule is CN1CCN=C(/C=C/c2ncc(C(F)(F)F)cc2Sc2ccc(Cl)cc2)c2ccccc21.Cl. The van der Waals surface area contributed by atoms with Gasteiger partial charge in [0.25, 0.3) is 0 Å². The number of allylic oxidation sites excluding steroid dienone is 1. The number of nitrogens with zero attached hydrogens (tertiary/aromatic N) is 3. The van der Waals surface area contributed by atoms with Crippen LogP contribution < -0.4 is 4.90 Å². The van der Waals surface area contributed by atoms with Crippen LogP contribution in [-0.2, 0) is 6.18 Å². The number of para-hydroxylation sites is 1. The van der Waals surface area contributed by atoms with Crippen molar-refractivity contribution in [3.05, 3.63) is 88.7 Å². The Bertz CT molecular complexity index is 1180. The molecular formula is C24H20Cl2F3N3S. The maximum Gasteiger partial charge on any atom is 0.417 e. The molecule has 0 radical (unpaired) electrons. The van der Waals surface area contributed by atoms with Gasteiger partial charge < -0.3 is 4.90 Å². The standard InChI is InChI=1S/C24H19ClF3N3S.ClH/c1-31-13-12-29-20(19-4-2-3-5-22(19)31)10-11-21-23(14-16(15-30-21)24(26,27)28)32-18-8-6-17(25)7-9-18;/h2-11,14-15H,12-13H2,1H3;1H/b11-10+;. The van der Waals surface area contributed by atoms with Crippen LogP contribution in [0, 0.1) is 0 Å². The van der Waals surface area contributed by atoms with Gasteiger partial charge in [0, 0.05) is 45.9 Å². The Balaban J connectivity index is 0.00000306. The van der Waals surface area contributed by atoms with E-state index >= 15 is 0 Å². The minimum absolute atomic E-state index is 0. The molecule has 2 heterocycles. The molecule has 1 aliphatic rings. The molecule has 1 aromatic heterocycles. The summed E-state index contributed by atoms with van der Waals surface area (Å²) in [5.74, 6) is 0. The molecule has 0 amide bonds. The lowest BCUT2D eigenvalue weighted by Crippen LogP contribution is -2.20. The Morgan fingerprint density at radius 3 is 2.52 bits per heavy atom. The van der Waals surface area contributed by atoms with Crippen molar-refractivity contribution in [1.29, 1.82) is 0 Å². The number of alkyl halides is 3. The molecule has 9 heteroatoms. The summed E-state index contributed by atoms with van der Waals surface area (Å²) in [4.78, 5) is 12.1. The first kappa shape index (κ1) is 25.1. The van der Waals surface area contributed by atoms with Crippen LogP contribution in [0.4, 0.5) is 18.9 Å². The predicted octanol–water partition coefficient (Wildman–Crippen LogP) is 7.28. The molecule has 3 nitrogen and oxygen atoms in total. The van der Waals surface area contributed by atoms with Crippen molar-refractivity contribution in [1.82, 2.24) is 4.98 Å². The van der Waals surface area contributed by atoms with Crippen molar-refractivity contribution in [2.45, 2.75) is 16.0 Å². The molecule has 4 rings (SSSR count). The number of benzodiazepines with no additional fused rings is 1. The van der Waals surface area contributed by atoms with Crippen molar-refractivity contribution in [2.24, 2.45) is 4.99 Å². The molecule has 0 fully saturated rings. The monoisotopic (exact) mass is 509 g/mol. The highest BCUT2D eigenvalue weighted by molar-refractivity contribution is 7.99. The number of benzene rings is 2. The van der Waals surface area contributed by atoms with E-state index in [1.807, 2.05) is 37.4 Å². The second-order valence-electron chi connectivity index (χ2n) is 7.20. The summed E-state index contributed by atoms with van der Waals surface area (Å²) in [6.07, 6.45) is -0.0689. The van der Waals surface area contributed by atoms with E-state index in [1.165, 1.54) is 11.8 Å². The van der Waals surface area contributed by atoms with Crippen molar-refractivity contribution in [3.8, 4) is 0 Å². The van der Waals surface area contributed by atoms with Gasteiger partial charge in [0.2, 0.25) is 0 Å². The summed E-state index contributed by atoms with van der Waals surface area (Å²) < 4.78 is 39.9. The summed E-state index contributed by atoms with van der Waals surface area (Å²) in [5.41, 5.74) is 2.46. The first-order chi connectivity index (χ1) is 15.3. The Morgan fingerprint density at radius 2 is 1.79 bits per heavy atom. The number of hydrogen-bond acceptors (Lipinski definition) is 4. The van der Waals surface area contributed by atoms with Gasteiger partial charge in [-0.3, -0.25) is 9.98 Å². The molecule has 1 aliphatic heterocycles. The summed E-state index contributed by atoms with van der Waals surface area (Å²) in [6, 6.07) is 16.0. The molecule has 172 valence electrons. The lowest BCUT2D eigenvalue weighted by atomic mass is 10.1. The number of halogens is 5. The van der Waals surface area contributed by atoms with Gasteiger partial charge in [-0.1, -0.05) is 41.6 Å². The average Bonchev–Trinajstić information content (AvgIpc) is 2.93. The predicted molar refractivity (Wildman–Crippen MR) is 132 cm³/mol. The highest BCUT2D eigenvalue weighted by Crippen LogP contribution is 2.36. The fourth-order valence-corrected chi connectivity index (χ4v) is 4.36. The van der Waals surface area contributed by atoms with Crippen LogP contribution in [0.1, 0.15) is 16.8 Å². The normalized spacial score (nSPS) is 13.8. The molecular weight excluding hydrogens is 490 g/mol. The van der Waals surface area contributed by atoms with E-state index in [0.29, 0.717) is 22.2 Å². The van der Waals surface area contributed by atoms with Gasteiger partial charge in [0.15, 0.2) is 0 Å². The summed E-state index contributed by atoms with van der Waals surface area (Å²) >= 11 is 7.14. The number of anilines is 1.